The van der Waals surface area contributed by atoms with E-state index in [1.165, 1.54) is 0 Å². The third-order valence-electron chi connectivity index (χ3n) is 1.49. The molecule has 0 bridgehead atoms. The van der Waals surface area contributed by atoms with Gasteiger partial charge in [-0.3, -0.25) is 0 Å². The van der Waals surface area contributed by atoms with Crippen LogP contribution in [0.1, 0.15) is 13.8 Å². The van der Waals surface area contributed by atoms with Gasteiger partial charge in [-0.2, -0.15) is 0 Å². The molecule has 0 aliphatic carbocycles. The van der Waals surface area contributed by atoms with Crippen LogP contribution in [0.15, 0.2) is 0 Å². The summed E-state index contributed by atoms with van der Waals surface area (Å²) in [6.45, 7) is 4.18. The lowest BCUT2D eigenvalue weighted by Crippen LogP contribution is -2.30. The lowest BCUT2D eigenvalue weighted by Gasteiger charge is -2.18. The standard InChI is InChI=1S/C5H9O2PS3/c1-5(2)4(3-10-11-5)7-8(6)9/h4H,3H2,1-2H3/p+1. The highest BCUT2D eigenvalue weighted by Gasteiger charge is 2.42. The van der Waals surface area contributed by atoms with Crippen LogP contribution >= 0.6 is 41.1 Å². The van der Waals surface area contributed by atoms with Crippen LogP contribution in [0.5, 0.6) is 0 Å². The van der Waals surface area contributed by atoms with E-state index in [9.17, 15) is 4.57 Å². The van der Waals surface area contributed by atoms with Gasteiger partial charge < -0.3 is 0 Å². The first-order valence-corrected chi connectivity index (χ1v) is 7.81. The summed E-state index contributed by atoms with van der Waals surface area (Å²) in [7, 11) is 1.79. The van der Waals surface area contributed by atoms with Crippen LogP contribution in [-0.2, 0) is 9.09 Å². The summed E-state index contributed by atoms with van der Waals surface area (Å²) in [6.07, 6.45) is 0.0682. The van der Waals surface area contributed by atoms with E-state index < -0.39 is 7.23 Å². The van der Waals surface area contributed by atoms with E-state index in [0.717, 1.165) is 5.75 Å². The van der Waals surface area contributed by atoms with Crippen molar-refractivity contribution in [1.29, 1.82) is 0 Å². The molecule has 1 heterocycles. The van der Waals surface area contributed by atoms with Crippen molar-refractivity contribution >= 4 is 41.1 Å². The van der Waals surface area contributed by atoms with Gasteiger partial charge in [0.1, 0.15) is 18.4 Å². The first-order chi connectivity index (χ1) is 5.02. The molecule has 0 radical (unpaired) electrons. The maximum Gasteiger partial charge on any atom is 0.582 e. The average molecular weight is 229 g/mol. The summed E-state index contributed by atoms with van der Waals surface area (Å²) in [5.41, 5.74) is 0. The molecular weight excluding hydrogens is 219 g/mol. The van der Waals surface area contributed by atoms with Gasteiger partial charge >= 0.3 is 7.23 Å². The largest absolute Gasteiger partial charge is 0.582 e. The van der Waals surface area contributed by atoms with E-state index in [-0.39, 0.29) is 10.9 Å². The fraction of sp³-hybridized carbons (Fsp3) is 1.00. The van der Waals surface area contributed by atoms with E-state index in [2.05, 4.69) is 26.1 Å². The molecule has 2 unspecified atom stereocenters. The van der Waals surface area contributed by atoms with Gasteiger partial charge in [-0.15, -0.1) is 4.52 Å². The quantitative estimate of drug-likeness (QED) is 0.447. The second kappa shape index (κ2) is 3.88. The molecule has 1 aliphatic rings. The summed E-state index contributed by atoms with van der Waals surface area (Å²) < 4.78 is 15.9. The summed E-state index contributed by atoms with van der Waals surface area (Å²) in [5.74, 6) is 0.902. The number of thiol groups is 1. The zero-order valence-electron chi connectivity index (χ0n) is 6.31. The molecule has 0 aromatic heterocycles. The smallest absolute Gasteiger partial charge is 0.131 e. The molecule has 1 saturated heterocycles. The maximum absolute atomic E-state index is 10.7. The molecule has 0 aromatic carbocycles. The molecule has 0 spiro atoms. The van der Waals surface area contributed by atoms with Crippen molar-refractivity contribution in [3.8, 4) is 0 Å². The molecule has 11 heavy (non-hydrogen) atoms. The van der Waals surface area contributed by atoms with Crippen molar-refractivity contribution in [2.24, 2.45) is 0 Å². The lowest BCUT2D eigenvalue weighted by molar-refractivity contribution is 0.214. The molecule has 1 aliphatic heterocycles. The summed E-state index contributed by atoms with van der Waals surface area (Å²) in [5, 5.41) is 0. The van der Waals surface area contributed by atoms with Crippen LogP contribution in [0, 0.1) is 0 Å². The zero-order chi connectivity index (χ0) is 8.48. The monoisotopic (exact) mass is 229 g/mol. The fourth-order valence-electron chi connectivity index (χ4n) is 0.768. The minimum atomic E-state index is -1.75. The van der Waals surface area contributed by atoms with Crippen molar-refractivity contribution in [3.05, 3.63) is 0 Å². The Morgan fingerprint density at radius 1 is 1.73 bits per heavy atom. The van der Waals surface area contributed by atoms with Gasteiger partial charge in [-0.05, 0) is 18.4 Å². The summed E-state index contributed by atoms with van der Waals surface area (Å²) in [6, 6.07) is 0. The Balaban J connectivity index is 2.51. The second-order valence-corrected chi connectivity index (χ2v) is 7.46. The number of hydrogen-bond donors (Lipinski definition) is 1. The predicted octanol–water partition coefficient (Wildman–Crippen LogP) is 3.13. The second-order valence-electron chi connectivity index (χ2n) is 2.80. The fourth-order valence-corrected chi connectivity index (χ4v) is 4.97. The van der Waals surface area contributed by atoms with Gasteiger partial charge in [-0.25, -0.2) is 0 Å². The van der Waals surface area contributed by atoms with Crippen LogP contribution < -0.4 is 0 Å². The van der Waals surface area contributed by atoms with Gasteiger partial charge in [-0.1, -0.05) is 21.6 Å². The van der Waals surface area contributed by atoms with E-state index in [0.29, 0.717) is 0 Å². The molecule has 2 nitrogen and oxygen atoms in total. The summed E-state index contributed by atoms with van der Waals surface area (Å²) in [4.78, 5) is 0. The van der Waals surface area contributed by atoms with Crippen molar-refractivity contribution < 1.29 is 9.09 Å². The van der Waals surface area contributed by atoms with Gasteiger partial charge in [0, 0.05) is 5.75 Å². The van der Waals surface area contributed by atoms with Crippen molar-refractivity contribution in [2.75, 3.05) is 5.75 Å². The van der Waals surface area contributed by atoms with E-state index in [1.807, 2.05) is 0 Å². The maximum atomic E-state index is 10.7. The van der Waals surface area contributed by atoms with Crippen LogP contribution in [0.25, 0.3) is 0 Å². The Kier molecular flexibility index (Phi) is 3.59. The molecule has 0 aromatic rings. The Bertz CT molecular complexity index is 173. The van der Waals surface area contributed by atoms with Crippen LogP contribution in [0.4, 0.5) is 0 Å². The Morgan fingerprint density at radius 3 is 2.73 bits per heavy atom. The van der Waals surface area contributed by atoms with Gasteiger partial charge in [0.25, 0.3) is 0 Å². The Morgan fingerprint density at radius 2 is 2.36 bits per heavy atom. The van der Waals surface area contributed by atoms with Gasteiger partial charge in [0.2, 0.25) is 0 Å². The van der Waals surface area contributed by atoms with Crippen molar-refractivity contribution in [1.82, 2.24) is 0 Å². The number of hydrogen-bond acceptors (Lipinski definition) is 4. The van der Waals surface area contributed by atoms with E-state index in [4.69, 9.17) is 4.52 Å². The van der Waals surface area contributed by atoms with Crippen LogP contribution in [0.3, 0.4) is 0 Å². The SMILES string of the molecule is CC1(C)SSCC1O[P+](=O)S. The molecule has 1 fully saturated rings. The third kappa shape index (κ3) is 2.81. The van der Waals surface area contributed by atoms with E-state index in [1.54, 1.807) is 21.6 Å². The van der Waals surface area contributed by atoms with Crippen molar-refractivity contribution in [2.45, 2.75) is 24.7 Å². The predicted molar refractivity (Wildman–Crippen MR) is 55.6 cm³/mol. The van der Waals surface area contributed by atoms with Gasteiger partial charge in [0.05, 0.1) is 4.75 Å². The van der Waals surface area contributed by atoms with Gasteiger partial charge in [0.15, 0.2) is 0 Å². The lowest BCUT2D eigenvalue weighted by atomic mass is 10.1. The highest BCUT2D eigenvalue weighted by molar-refractivity contribution is 8.77. The molecule has 0 amide bonds. The molecule has 64 valence electrons. The highest BCUT2D eigenvalue weighted by Crippen LogP contribution is 2.50. The molecule has 6 heteroatoms. The molecular formula is C5H10O2PS3+. The first kappa shape index (κ1) is 10.2. The molecule has 0 N–H and O–H groups in total. The van der Waals surface area contributed by atoms with E-state index >= 15 is 0 Å². The normalized spacial score (nSPS) is 30.5. The highest BCUT2D eigenvalue weighted by atomic mass is 33.1. The molecule has 2 atom stereocenters. The Hall–Kier alpha value is 1.11. The molecule has 0 saturated carbocycles. The zero-order valence-corrected chi connectivity index (χ0v) is 9.73. The topological polar surface area (TPSA) is 26.3 Å². The number of rotatable bonds is 2. The van der Waals surface area contributed by atoms with Crippen molar-refractivity contribution in [3.63, 3.8) is 0 Å². The molecule has 1 rings (SSSR count). The third-order valence-corrected chi connectivity index (χ3v) is 5.50. The minimum Gasteiger partial charge on any atom is -0.131 e. The average Bonchev–Trinajstić information content (AvgIpc) is 2.10. The Labute approximate surface area is 80.6 Å². The minimum absolute atomic E-state index is 0.0678. The van der Waals surface area contributed by atoms with Crippen LogP contribution in [0.2, 0.25) is 0 Å². The summed E-state index contributed by atoms with van der Waals surface area (Å²) >= 11 is 3.72. The first-order valence-electron chi connectivity index (χ1n) is 3.16. The van der Waals surface area contributed by atoms with Crippen LogP contribution in [-0.4, -0.2) is 16.6 Å².